The molecule has 1 N–H and O–H groups in total. The molecule has 0 aliphatic rings. The van der Waals surface area contributed by atoms with Crippen LogP contribution in [-0.2, 0) is 0 Å². The van der Waals surface area contributed by atoms with Crippen molar-refractivity contribution in [3.63, 3.8) is 0 Å². The molecule has 0 spiro atoms. The predicted octanol–water partition coefficient (Wildman–Crippen LogP) is 2.62. The molecule has 0 bridgehead atoms. The van der Waals surface area contributed by atoms with Gasteiger partial charge in [0.1, 0.15) is 5.03 Å². The van der Waals surface area contributed by atoms with E-state index in [4.69, 9.17) is 5.11 Å². The van der Waals surface area contributed by atoms with Crippen molar-refractivity contribution >= 4 is 29.5 Å². The van der Waals surface area contributed by atoms with Crippen molar-refractivity contribution in [1.82, 2.24) is 4.98 Å². The summed E-state index contributed by atoms with van der Waals surface area (Å²) in [4.78, 5) is 14.9. The first-order valence-corrected chi connectivity index (χ1v) is 6.93. The number of carbonyl (C=O) groups is 1. The van der Waals surface area contributed by atoms with Crippen molar-refractivity contribution in [2.75, 3.05) is 17.8 Å². The van der Waals surface area contributed by atoms with Crippen molar-refractivity contribution in [2.24, 2.45) is 0 Å². The van der Waals surface area contributed by atoms with Gasteiger partial charge in [0.15, 0.2) is 0 Å². The summed E-state index contributed by atoms with van der Waals surface area (Å²) in [6, 6.07) is 3.24. The summed E-state index contributed by atoms with van der Waals surface area (Å²) in [5.74, 6) is 1.11. The summed E-state index contributed by atoms with van der Waals surface area (Å²) in [6.45, 7) is 0. The van der Waals surface area contributed by atoms with E-state index >= 15 is 0 Å². The van der Waals surface area contributed by atoms with Gasteiger partial charge in [-0.25, -0.2) is 9.78 Å². The monoisotopic (exact) mass is 243 g/mol. The number of hydrogen-bond donors (Lipinski definition) is 1. The highest BCUT2D eigenvalue weighted by molar-refractivity contribution is 7.99. The van der Waals surface area contributed by atoms with Crippen LogP contribution in [0.1, 0.15) is 16.8 Å². The molecule has 0 atom stereocenters. The molecule has 1 rings (SSSR count). The number of carboxylic acids is 1. The van der Waals surface area contributed by atoms with E-state index in [1.165, 1.54) is 11.8 Å². The molecule has 0 amide bonds. The Balaban J connectivity index is 2.56. The van der Waals surface area contributed by atoms with Crippen molar-refractivity contribution in [2.45, 2.75) is 11.4 Å². The summed E-state index contributed by atoms with van der Waals surface area (Å²) in [5, 5.41) is 9.53. The molecule has 0 aliphatic heterocycles. The van der Waals surface area contributed by atoms with E-state index in [1.807, 2.05) is 0 Å². The van der Waals surface area contributed by atoms with Gasteiger partial charge in [-0.3, -0.25) is 0 Å². The van der Waals surface area contributed by atoms with Gasteiger partial charge in [-0.1, -0.05) is 0 Å². The maximum Gasteiger partial charge on any atom is 0.338 e. The molecule has 0 saturated heterocycles. The first-order chi connectivity index (χ1) is 7.25. The number of rotatable bonds is 6. The highest BCUT2D eigenvalue weighted by Gasteiger charge is 2.10. The van der Waals surface area contributed by atoms with Gasteiger partial charge in [0, 0.05) is 11.9 Å². The predicted molar refractivity (Wildman–Crippen MR) is 64.9 cm³/mol. The molecule has 0 aromatic carbocycles. The van der Waals surface area contributed by atoms with Crippen molar-refractivity contribution in [3.8, 4) is 0 Å². The van der Waals surface area contributed by atoms with E-state index in [2.05, 4.69) is 11.2 Å². The summed E-state index contributed by atoms with van der Waals surface area (Å²) in [7, 11) is 0. The zero-order valence-corrected chi connectivity index (χ0v) is 10.1. The third-order valence-electron chi connectivity index (χ3n) is 1.73. The zero-order chi connectivity index (χ0) is 11.1. The average molecular weight is 243 g/mol. The lowest BCUT2D eigenvalue weighted by atomic mass is 10.3. The zero-order valence-electron chi connectivity index (χ0n) is 8.47. The van der Waals surface area contributed by atoms with E-state index in [9.17, 15) is 4.79 Å². The molecule has 0 aliphatic carbocycles. The lowest BCUT2D eigenvalue weighted by Crippen LogP contribution is -2.00. The molecule has 0 fully saturated rings. The Morgan fingerprint density at radius 2 is 2.33 bits per heavy atom. The molecule has 5 heteroatoms. The Morgan fingerprint density at radius 3 is 3.00 bits per heavy atom. The normalized spacial score (nSPS) is 10.2. The van der Waals surface area contributed by atoms with Crippen LogP contribution in [0.25, 0.3) is 0 Å². The van der Waals surface area contributed by atoms with Gasteiger partial charge in [-0.05, 0) is 30.6 Å². The highest BCUT2D eigenvalue weighted by atomic mass is 32.2. The van der Waals surface area contributed by atoms with Crippen LogP contribution in [0.15, 0.2) is 23.4 Å². The molecule has 15 heavy (non-hydrogen) atoms. The van der Waals surface area contributed by atoms with Crippen LogP contribution in [0.5, 0.6) is 0 Å². The molecule has 0 radical (unpaired) electrons. The van der Waals surface area contributed by atoms with E-state index in [1.54, 1.807) is 30.1 Å². The summed E-state index contributed by atoms with van der Waals surface area (Å²) in [5.41, 5.74) is 0.298. The first-order valence-electron chi connectivity index (χ1n) is 4.55. The molecule has 1 heterocycles. The lowest BCUT2D eigenvalue weighted by molar-refractivity contribution is 0.0692. The number of carboxylic acid groups (broad SMARTS) is 1. The van der Waals surface area contributed by atoms with Crippen LogP contribution < -0.4 is 0 Å². The second-order valence-corrected chi connectivity index (χ2v) is 4.93. The highest BCUT2D eigenvalue weighted by Crippen LogP contribution is 2.20. The van der Waals surface area contributed by atoms with Crippen LogP contribution in [0.4, 0.5) is 0 Å². The standard InChI is InChI=1S/C10H13NO2S2/c1-14-6-3-7-15-9-8(10(12)13)4-2-5-11-9/h2,4-5H,3,6-7H2,1H3,(H,12,13). The number of pyridine rings is 1. The summed E-state index contributed by atoms with van der Waals surface area (Å²) < 4.78 is 0. The van der Waals surface area contributed by atoms with E-state index in [0.29, 0.717) is 10.6 Å². The molecular weight excluding hydrogens is 230 g/mol. The van der Waals surface area contributed by atoms with Gasteiger partial charge in [0.25, 0.3) is 0 Å². The fourth-order valence-corrected chi connectivity index (χ4v) is 2.58. The van der Waals surface area contributed by atoms with Gasteiger partial charge in [-0.2, -0.15) is 11.8 Å². The third kappa shape index (κ3) is 4.13. The summed E-state index contributed by atoms with van der Waals surface area (Å²) >= 11 is 3.31. The second-order valence-electron chi connectivity index (χ2n) is 2.86. The second kappa shape index (κ2) is 6.74. The molecule has 82 valence electrons. The van der Waals surface area contributed by atoms with Crippen LogP contribution in [-0.4, -0.2) is 33.8 Å². The van der Waals surface area contributed by atoms with Crippen LogP contribution in [0.3, 0.4) is 0 Å². The number of thioether (sulfide) groups is 2. The topological polar surface area (TPSA) is 50.2 Å². The molecular formula is C10H13NO2S2. The molecule has 0 unspecified atom stereocenters. The Bertz CT molecular complexity index is 331. The SMILES string of the molecule is CSCCCSc1ncccc1C(=O)O. The molecule has 0 saturated carbocycles. The van der Waals surface area contributed by atoms with Crippen molar-refractivity contribution in [3.05, 3.63) is 23.9 Å². The fourth-order valence-electron chi connectivity index (χ4n) is 1.04. The lowest BCUT2D eigenvalue weighted by Gasteiger charge is -2.03. The maximum atomic E-state index is 10.9. The van der Waals surface area contributed by atoms with Gasteiger partial charge < -0.3 is 5.11 Å². The largest absolute Gasteiger partial charge is 0.478 e. The van der Waals surface area contributed by atoms with Gasteiger partial charge in [-0.15, -0.1) is 11.8 Å². The van der Waals surface area contributed by atoms with E-state index in [-0.39, 0.29) is 0 Å². The minimum atomic E-state index is -0.907. The Labute approximate surface area is 97.7 Å². The van der Waals surface area contributed by atoms with E-state index < -0.39 is 5.97 Å². The molecule has 1 aromatic heterocycles. The third-order valence-corrected chi connectivity index (χ3v) is 3.52. The Hall–Kier alpha value is -0.680. The van der Waals surface area contributed by atoms with Crippen LogP contribution in [0.2, 0.25) is 0 Å². The van der Waals surface area contributed by atoms with Crippen LogP contribution >= 0.6 is 23.5 Å². The Morgan fingerprint density at radius 1 is 1.53 bits per heavy atom. The number of nitrogens with zero attached hydrogens (tertiary/aromatic N) is 1. The Kier molecular flexibility index (Phi) is 5.57. The number of aromatic nitrogens is 1. The fraction of sp³-hybridized carbons (Fsp3) is 0.400. The number of aromatic carboxylic acids is 1. The van der Waals surface area contributed by atoms with Gasteiger partial charge in [0.2, 0.25) is 0 Å². The molecule has 3 nitrogen and oxygen atoms in total. The maximum absolute atomic E-state index is 10.9. The quantitative estimate of drug-likeness (QED) is 0.615. The van der Waals surface area contributed by atoms with E-state index in [0.717, 1.165) is 17.9 Å². The van der Waals surface area contributed by atoms with Crippen molar-refractivity contribution in [1.29, 1.82) is 0 Å². The average Bonchev–Trinajstić information content (AvgIpc) is 2.25. The van der Waals surface area contributed by atoms with Crippen molar-refractivity contribution < 1.29 is 9.90 Å². The molecule has 1 aromatic rings. The minimum absolute atomic E-state index is 0.298. The van der Waals surface area contributed by atoms with Gasteiger partial charge >= 0.3 is 5.97 Å². The number of hydrogen-bond acceptors (Lipinski definition) is 4. The smallest absolute Gasteiger partial charge is 0.338 e. The van der Waals surface area contributed by atoms with Gasteiger partial charge in [0.05, 0.1) is 5.56 Å². The minimum Gasteiger partial charge on any atom is -0.478 e. The van der Waals surface area contributed by atoms with Crippen LogP contribution in [0, 0.1) is 0 Å². The summed E-state index contributed by atoms with van der Waals surface area (Å²) in [6.07, 6.45) is 4.76. The first kappa shape index (κ1) is 12.4.